The van der Waals surface area contributed by atoms with Gasteiger partial charge in [-0.1, -0.05) is 0 Å². The highest BCUT2D eigenvalue weighted by atomic mass is 16.5. The summed E-state index contributed by atoms with van der Waals surface area (Å²) in [7, 11) is 0. The Kier molecular flexibility index (Phi) is 4.80. The van der Waals surface area contributed by atoms with Crippen molar-refractivity contribution in [2.24, 2.45) is 5.92 Å². The first-order valence-corrected chi connectivity index (χ1v) is 6.70. The minimum atomic E-state index is -0.456. The van der Waals surface area contributed by atoms with Crippen molar-refractivity contribution in [2.45, 2.75) is 38.8 Å². The SMILES string of the molecule is Cc1ccc(C(C)NCC(O)COCC2CC2)o1. The number of hydrogen-bond donors (Lipinski definition) is 2. The molecule has 102 valence electrons. The lowest BCUT2D eigenvalue weighted by Gasteiger charge is -2.15. The van der Waals surface area contributed by atoms with E-state index in [1.165, 1.54) is 12.8 Å². The first-order chi connectivity index (χ1) is 8.65. The summed E-state index contributed by atoms with van der Waals surface area (Å²) in [6.07, 6.45) is 2.11. The highest BCUT2D eigenvalue weighted by Crippen LogP contribution is 2.28. The molecule has 2 rings (SSSR count). The summed E-state index contributed by atoms with van der Waals surface area (Å²) in [6.45, 7) is 5.68. The van der Waals surface area contributed by atoms with E-state index in [1.54, 1.807) is 0 Å². The molecule has 1 aromatic rings. The van der Waals surface area contributed by atoms with E-state index in [9.17, 15) is 5.11 Å². The number of rotatable bonds is 8. The molecule has 0 bridgehead atoms. The van der Waals surface area contributed by atoms with Gasteiger partial charge in [-0.2, -0.15) is 0 Å². The summed E-state index contributed by atoms with van der Waals surface area (Å²) in [4.78, 5) is 0. The Morgan fingerprint density at radius 2 is 2.28 bits per heavy atom. The fourth-order valence-corrected chi connectivity index (χ4v) is 1.81. The maximum absolute atomic E-state index is 9.77. The van der Waals surface area contributed by atoms with Crippen LogP contribution in [0.3, 0.4) is 0 Å². The van der Waals surface area contributed by atoms with E-state index < -0.39 is 6.10 Å². The number of nitrogens with one attached hydrogen (secondary N) is 1. The molecule has 1 heterocycles. The molecule has 18 heavy (non-hydrogen) atoms. The maximum Gasteiger partial charge on any atom is 0.120 e. The lowest BCUT2D eigenvalue weighted by molar-refractivity contribution is 0.0312. The van der Waals surface area contributed by atoms with Gasteiger partial charge in [0.25, 0.3) is 0 Å². The lowest BCUT2D eigenvalue weighted by atomic mass is 10.2. The van der Waals surface area contributed by atoms with Gasteiger partial charge in [0.15, 0.2) is 0 Å². The summed E-state index contributed by atoms with van der Waals surface area (Å²) in [5.41, 5.74) is 0. The van der Waals surface area contributed by atoms with Crippen LogP contribution in [0.15, 0.2) is 16.5 Å². The number of ether oxygens (including phenoxy) is 1. The van der Waals surface area contributed by atoms with Gasteiger partial charge >= 0.3 is 0 Å². The third kappa shape index (κ3) is 4.44. The van der Waals surface area contributed by atoms with Crippen LogP contribution in [0.4, 0.5) is 0 Å². The second kappa shape index (κ2) is 6.36. The van der Waals surface area contributed by atoms with Crippen molar-refractivity contribution >= 4 is 0 Å². The summed E-state index contributed by atoms with van der Waals surface area (Å²) in [5, 5.41) is 13.0. The normalized spacial score (nSPS) is 18.8. The average Bonchev–Trinajstić information content (AvgIpc) is 3.06. The third-order valence-corrected chi connectivity index (χ3v) is 3.21. The molecule has 2 unspecified atom stereocenters. The molecule has 4 nitrogen and oxygen atoms in total. The Bertz CT molecular complexity index is 360. The molecule has 1 saturated carbocycles. The number of aryl methyl sites for hydroxylation is 1. The fraction of sp³-hybridized carbons (Fsp3) is 0.714. The first-order valence-electron chi connectivity index (χ1n) is 6.70. The summed E-state index contributed by atoms with van der Waals surface area (Å²) >= 11 is 0. The number of furan rings is 1. The van der Waals surface area contributed by atoms with Gasteiger partial charge in [-0.05, 0) is 44.7 Å². The van der Waals surface area contributed by atoms with Crippen LogP contribution >= 0.6 is 0 Å². The molecule has 1 fully saturated rings. The predicted molar refractivity (Wildman–Crippen MR) is 69.4 cm³/mol. The van der Waals surface area contributed by atoms with Gasteiger partial charge < -0.3 is 19.6 Å². The van der Waals surface area contributed by atoms with Gasteiger partial charge in [0.1, 0.15) is 11.5 Å². The standard InChI is InChI=1S/C14H23NO3/c1-10-3-6-14(18-10)11(2)15-7-13(16)9-17-8-12-4-5-12/h3,6,11-13,15-16H,4-5,7-9H2,1-2H3. The molecule has 2 N–H and O–H groups in total. The second-order valence-corrected chi connectivity index (χ2v) is 5.21. The molecule has 4 heteroatoms. The summed E-state index contributed by atoms with van der Waals surface area (Å²) in [6, 6.07) is 4.02. The van der Waals surface area contributed by atoms with Crippen LogP contribution in [0.1, 0.15) is 37.3 Å². The van der Waals surface area contributed by atoms with Crippen LogP contribution in [0.5, 0.6) is 0 Å². The van der Waals surface area contributed by atoms with E-state index in [-0.39, 0.29) is 6.04 Å². The topological polar surface area (TPSA) is 54.6 Å². The van der Waals surface area contributed by atoms with Gasteiger partial charge in [0, 0.05) is 13.2 Å². The van der Waals surface area contributed by atoms with Crippen molar-refractivity contribution in [3.8, 4) is 0 Å². The maximum atomic E-state index is 9.77. The molecule has 0 spiro atoms. The smallest absolute Gasteiger partial charge is 0.120 e. The number of aliphatic hydroxyl groups excluding tert-OH is 1. The van der Waals surface area contributed by atoms with Gasteiger partial charge in [-0.3, -0.25) is 0 Å². The van der Waals surface area contributed by atoms with E-state index in [0.29, 0.717) is 13.2 Å². The molecule has 1 aliphatic rings. The highest BCUT2D eigenvalue weighted by Gasteiger charge is 2.21. The Hall–Kier alpha value is -0.840. The van der Waals surface area contributed by atoms with Crippen molar-refractivity contribution in [1.82, 2.24) is 5.32 Å². The Morgan fingerprint density at radius 1 is 1.50 bits per heavy atom. The number of hydrogen-bond acceptors (Lipinski definition) is 4. The van der Waals surface area contributed by atoms with Gasteiger partial charge in [0.05, 0.1) is 18.8 Å². The fourth-order valence-electron chi connectivity index (χ4n) is 1.81. The first kappa shape index (κ1) is 13.6. The minimum Gasteiger partial charge on any atom is -0.465 e. The van der Waals surface area contributed by atoms with Gasteiger partial charge in [-0.25, -0.2) is 0 Å². The Balaban J connectivity index is 1.60. The van der Waals surface area contributed by atoms with E-state index >= 15 is 0 Å². The molecule has 0 radical (unpaired) electrons. The third-order valence-electron chi connectivity index (χ3n) is 3.21. The van der Waals surface area contributed by atoms with Crippen molar-refractivity contribution in [3.63, 3.8) is 0 Å². The van der Waals surface area contributed by atoms with Gasteiger partial charge in [0.2, 0.25) is 0 Å². The monoisotopic (exact) mass is 253 g/mol. The molecule has 1 aromatic heterocycles. The molecule has 0 saturated heterocycles. The van der Waals surface area contributed by atoms with Crippen LogP contribution in [0, 0.1) is 12.8 Å². The van der Waals surface area contributed by atoms with Gasteiger partial charge in [-0.15, -0.1) is 0 Å². The molecule has 0 aromatic carbocycles. The van der Waals surface area contributed by atoms with Crippen LogP contribution in [0.25, 0.3) is 0 Å². The van der Waals surface area contributed by atoms with Crippen molar-refractivity contribution in [3.05, 3.63) is 23.7 Å². The molecular formula is C14H23NO3. The zero-order valence-corrected chi connectivity index (χ0v) is 11.2. The molecule has 0 aliphatic heterocycles. The van der Waals surface area contributed by atoms with Crippen molar-refractivity contribution in [2.75, 3.05) is 19.8 Å². The quantitative estimate of drug-likeness (QED) is 0.744. The summed E-state index contributed by atoms with van der Waals surface area (Å²) < 4.78 is 11.0. The predicted octanol–water partition coefficient (Wildman–Crippen LogP) is 2.03. The van der Waals surface area contributed by atoms with Crippen molar-refractivity contribution in [1.29, 1.82) is 0 Å². The highest BCUT2D eigenvalue weighted by molar-refractivity contribution is 5.08. The number of aliphatic hydroxyl groups is 1. The van der Waals surface area contributed by atoms with E-state index in [2.05, 4.69) is 5.32 Å². The van der Waals surface area contributed by atoms with Crippen LogP contribution in [-0.2, 0) is 4.74 Å². The molecule has 1 aliphatic carbocycles. The molecule has 0 amide bonds. The lowest BCUT2D eigenvalue weighted by Crippen LogP contribution is -2.32. The largest absolute Gasteiger partial charge is 0.465 e. The molecular weight excluding hydrogens is 230 g/mol. The van der Waals surface area contributed by atoms with E-state index in [1.807, 2.05) is 26.0 Å². The average molecular weight is 253 g/mol. The zero-order valence-electron chi connectivity index (χ0n) is 11.2. The zero-order chi connectivity index (χ0) is 13.0. The van der Waals surface area contributed by atoms with Crippen LogP contribution in [-0.4, -0.2) is 31.0 Å². The van der Waals surface area contributed by atoms with E-state index in [0.717, 1.165) is 24.0 Å². The van der Waals surface area contributed by atoms with Crippen molar-refractivity contribution < 1.29 is 14.3 Å². The minimum absolute atomic E-state index is 0.108. The Labute approximate surface area is 108 Å². The Morgan fingerprint density at radius 3 is 2.89 bits per heavy atom. The second-order valence-electron chi connectivity index (χ2n) is 5.21. The van der Waals surface area contributed by atoms with Crippen LogP contribution < -0.4 is 5.32 Å². The molecule has 2 atom stereocenters. The van der Waals surface area contributed by atoms with Crippen LogP contribution in [0.2, 0.25) is 0 Å². The summed E-state index contributed by atoms with van der Waals surface area (Å²) in [5.74, 6) is 2.56. The van der Waals surface area contributed by atoms with E-state index in [4.69, 9.17) is 9.15 Å².